The van der Waals surface area contributed by atoms with Crippen LogP contribution >= 0.6 is 12.4 Å². The van der Waals surface area contributed by atoms with Crippen LogP contribution in [0.4, 0.5) is 13.2 Å². The lowest BCUT2D eigenvalue weighted by Crippen LogP contribution is -2.42. The molecule has 0 saturated carbocycles. The van der Waals surface area contributed by atoms with Gasteiger partial charge < -0.3 is 10.1 Å². The van der Waals surface area contributed by atoms with E-state index >= 15 is 0 Å². The number of alkyl halides is 3. The molecule has 3 rings (SSSR count). The number of pyridine rings is 1. The largest absolute Gasteiger partial charge is 0.433 e. The summed E-state index contributed by atoms with van der Waals surface area (Å²) in [6, 6.07) is 2.57. The lowest BCUT2D eigenvalue weighted by molar-refractivity contribution is -0.141. The average molecular weight is 295 g/mol. The predicted octanol–water partition coefficient (Wildman–Crippen LogP) is 2.85. The fraction of sp³-hybridized carbons (Fsp3) is 0.583. The van der Waals surface area contributed by atoms with Gasteiger partial charge in [-0.1, -0.05) is 6.07 Å². The molecule has 0 unspecified atom stereocenters. The molecule has 1 aromatic rings. The van der Waals surface area contributed by atoms with Gasteiger partial charge in [-0.25, -0.2) is 4.98 Å². The number of ether oxygens (including phenoxy) is 1. The third-order valence-corrected chi connectivity index (χ3v) is 3.47. The predicted molar refractivity (Wildman–Crippen MR) is 65.0 cm³/mol. The minimum atomic E-state index is -4.40. The van der Waals surface area contributed by atoms with Gasteiger partial charge in [0.15, 0.2) is 0 Å². The van der Waals surface area contributed by atoms with Gasteiger partial charge in [0.1, 0.15) is 5.69 Å². The van der Waals surface area contributed by atoms with Crippen LogP contribution in [0.5, 0.6) is 0 Å². The van der Waals surface area contributed by atoms with Crippen molar-refractivity contribution >= 4 is 12.4 Å². The van der Waals surface area contributed by atoms with Crippen LogP contribution in [0.15, 0.2) is 12.1 Å². The summed E-state index contributed by atoms with van der Waals surface area (Å²) < 4.78 is 43.3. The Bertz CT molecular complexity index is 467. The first-order valence-electron chi connectivity index (χ1n) is 5.98. The van der Waals surface area contributed by atoms with E-state index in [1.54, 1.807) is 0 Å². The van der Waals surface area contributed by atoms with E-state index in [1.165, 1.54) is 6.07 Å². The van der Waals surface area contributed by atoms with Gasteiger partial charge in [-0.05, 0) is 31.0 Å². The molecular weight excluding hydrogens is 281 g/mol. The molecule has 7 heteroatoms. The van der Waals surface area contributed by atoms with E-state index in [-0.39, 0.29) is 31.2 Å². The second-order valence-electron chi connectivity index (χ2n) is 4.65. The molecule has 2 atom stereocenters. The average Bonchev–Trinajstić information content (AvgIpc) is 2.37. The van der Waals surface area contributed by atoms with Gasteiger partial charge in [-0.2, -0.15) is 13.2 Å². The Morgan fingerprint density at radius 2 is 2.11 bits per heavy atom. The van der Waals surface area contributed by atoms with Gasteiger partial charge in [0.2, 0.25) is 0 Å². The van der Waals surface area contributed by atoms with Crippen molar-refractivity contribution in [1.29, 1.82) is 0 Å². The molecule has 0 spiro atoms. The lowest BCUT2D eigenvalue weighted by atomic mass is 9.91. The molecule has 0 amide bonds. The summed E-state index contributed by atoms with van der Waals surface area (Å²) in [5.74, 6) is 0. The molecule has 2 aliphatic heterocycles. The first kappa shape index (κ1) is 14.6. The number of halogens is 4. The molecule has 1 saturated heterocycles. The summed E-state index contributed by atoms with van der Waals surface area (Å²) in [7, 11) is 0. The zero-order valence-electron chi connectivity index (χ0n) is 10.0. The molecule has 0 bridgehead atoms. The van der Waals surface area contributed by atoms with Crippen molar-refractivity contribution in [1.82, 2.24) is 10.3 Å². The smallest absolute Gasteiger partial charge is 0.370 e. The van der Waals surface area contributed by atoms with E-state index in [0.29, 0.717) is 5.69 Å². The van der Waals surface area contributed by atoms with Crippen LogP contribution in [0.2, 0.25) is 0 Å². The minimum Gasteiger partial charge on any atom is -0.370 e. The SMILES string of the molecule is Cl.FC(F)(F)c1ccc2c(n1)CO[C@H]1CCCN[C@@H]21. The van der Waals surface area contributed by atoms with E-state index in [0.717, 1.165) is 31.0 Å². The van der Waals surface area contributed by atoms with Crippen molar-refractivity contribution in [3.63, 3.8) is 0 Å². The van der Waals surface area contributed by atoms with E-state index in [2.05, 4.69) is 10.3 Å². The third-order valence-electron chi connectivity index (χ3n) is 3.47. The molecule has 2 aliphatic rings. The van der Waals surface area contributed by atoms with Gasteiger partial charge >= 0.3 is 6.18 Å². The highest BCUT2D eigenvalue weighted by Gasteiger charge is 2.37. The third kappa shape index (κ3) is 2.70. The Balaban J connectivity index is 0.00000133. The summed E-state index contributed by atoms with van der Waals surface area (Å²) in [6.07, 6.45) is -2.36. The fourth-order valence-corrected chi connectivity index (χ4v) is 2.60. The molecule has 1 aromatic heterocycles. The minimum absolute atomic E-state index is 0. The normalized spacial score (nSPS) is 26.1. The van der Waals surface area contributed by atoms with E-state index in [9.17, 15) is 13.2 Å². The highest BCUT2D eigenvalue weighted by atomic mass is 35.5. The first-order valence-corrected chi connectivity index (χ1v) is 5.98. The molecular formula is C12H14ClF3N2O. The lowest BCUT2D eigenvalue weighted by Gasteiger charge is -2.37. The fourth-order valence-electron chi connectivity index (χ4n) is 2.60. The number of fused-ring (bicyclic) bond motifs is 3. The van der Waals surface area contributed by atoms with Crippen LogP contribution in [0.3, 0.4) is 0 Å². The molecule has 1 N–H and O–H groups in total. The van der Waals surface area contributed by atoms with Crippen LogP contribution in [-0.2, 0) is 17.5 Å². The highest BCUT2D eigenvalue weighted by Crippen LogP contribution is 2.35. The Morgan fingerprint density at radius 1 is 1.32 bits per heavy atom. The maximum absolute atomic E-state index is 12.6. The number of hydrogen-bond donors (Lipinski definition) is 1. The Morgan fingerprint density at radius 3 is 2.84 bits per heavy atom. The molecule has 0 aliphatic carbocycles. The zero-order valence-corrected chi connectivity index (χ0v) is 10.9. The van der Waals surface area contributed by atoms with Crippen LogP contribution < -0.4 is 5.32 Å². The summed E-state index contributed by atoms with van der Waals surface area (Å²) in [4.78, 5) is 3.69. The molecule has 0 aromatic carbocycles. The number of hydrogen-bond acceptors (Lipinski definition) is 3. The number of piperidine rings is 1. The summed E-state index contributed by atoms with van der Waals surface area (Å²) in [5, 5.41) is 3.29. The monoisotopic (exact) mass is 294 g/mol. The summed E-state index contributed by atoms with van der Waals surface area (Å²) in [6.45, 7) is 1.03. The second kappa shape index (κ2) is 5.26. The van der Waals surface area contributed by atoms with E-state index in [4.69, 9.17) is 4.74 Å². The molecule has 3 nitrogen and oxygen atoms in total. The topological polar surface area (TPSA) is 34.1 Å². The van der Waals surface area contributed by atoms with Gasteiger partial charge in [-0.3, -0.25) is 0 Å². The van der Waals surface area contributed by atoms with Gasteiger partial charge in [0.05, 0.1) is 24.4 Å². The van der Waals surface area contributed by atoms with Crippen molar-refractivity contribution in [2.24, 2.45) is 0 Å². The standard InChI is InChI=1S/C12H13F3N2O.ClH/c13-12(14,15)10-4-3-7-8(17-10)6-18-9-2-1-5-16-11(7)9;/h3-4,9,11,16H,1-2,5-6H2;1H/t9-,11-;/m0./s1. The van der Waals surface area contributed by atoms with E-state index in [1.807, 2.05) is 0 Å². The molecule has 19 heavy (non-hydrogen) atoms. The van der Waals surface area contributed by atoms with Crippen molar-refractivity contribution in [2.75, 3.05) is 6.54 Å². The second-order valence-corrected chi connectivity index (χ2v) is 4.65. The quantitative estimate of drug-likeness (QED) is 0.799. The number of aromatic nitrogens is 1. The van der Waals surface area contributed by atoms with Crippen LogP contribution in [-0.4, -0.2) is 17.6 Å². The summed E-state index contributed by atoms with van der Waals surface area (Å²) in [5.41, 5.74) is 0.401. The molecule has 1 fully saturated rings. The summed E-state index contributed by atoms with van der Waals surface area (Å²) >= 11 is 0. The van der Waals surface area contributed by atoms with Crippen molar-refractivity contribution in [3.05, 3.63) is 29.1 Å². The molecule has 106 valence electrons. The Hall–Kier alpha value is -0.850. The number of nitrogens with zero attached hydrogens (tertiary/aromatic N) is 1. The first-order chi connectivity index (χ1) is 8.55. The van der Waals surface area contributed by atoms with Crippen LogP contribution in [0.1, 0.15) is 35.8 Å². The highest BCUT2D eigenvalue weighted by molar-refractivity contribution is 5.85. The van der Waals surface area contributed by atoms with Gasteiger partial charge in [-0.15, -0.1) is 12.4 Å². The number of nitrogens with one attached hydrogen (secondary N) is 1. The van der Waals surface area contributed by atoms with Crippen LogP contribution in [0, 0.1) is 0 Å². The van der Waals surface area contributed by atoms with E-state index < -0.39 is 11.9 Å². The maximum atomic E-state index is 12.6. The van der Waals surface area contributed by atoms with Crippen molar-refractivity contribution in [2.45, 2.75) is 37.8 Å². The molecule has 3 heterocycles. The van der Waals surface area contributed by atoms with Crippen LogP contribution in [0.25, 0.3) is 0 Å². The Labute approximate surface area is 115 Å². The van der Waals surface area contributed by atoms with Gasteiger partial charge in [0.25, 0.3) is 0 Å². The maximum Gasteiger partial charge on any atom is 0.433 e. The zero-order chi connectivity index (χ0) is 12.8. The van der Waals surface area contributed by atoms with Crippen molar-refractivity contribution < 1.29 is 17.9 Å². The van der Waals surface area contributed by atoms with Gasteiger partial charge in [0, 0.05) is 0 Å². The number of rotatable bonds is 0. The van der Waals surface area contributed by atoms with Crippen molar-refractivity contribution in [3.8, 4) is 0 Å². The Kier molecular flexibility index (Phi) is 4.03. The molecule has 0 radical (unpaired) electrons.